The van der Waals surface area contributed by atoms with Crippen LogP contribution in [-0.4, -0.2) is 62.6 Å². The molecule has 11 heteroatoms. The number of carbonyl (C=O) groups excluding carboxylic acids is 2. The van der Waals surface area contributed by atoms with Crippen molar-refractivity contribution in [3.8, 4) is 0 Å². The minimum Gasteiger partial charge on any atom is -0.462 e. The van der Waals surface area contributed by atoms with Gasteiger partial charge in [0.05, 0.1) is 33.9 Å². The molecule has 0 radical (unpaired) electrons. The van der Waals surface area contributed by atoms with Gasteiger partial charge in [0.15, 0.2) is 4.80 Å². The van der Waals surface area contributed by atoms with Crippen LogP contribution >= 0.6 is 11.3 Å². The van der Waals surface area contributed by atoms with Gasteiger partial charge in [-0.25, -0.2) is 13.2 Å². The van der Waals surface area contributed by atoms with Crippen LogP contribution < -0.4 is 4.80 Å². The zero-order valence-corrected chi connectivity index (χ0v) is 22.6. The summed E-state index contributed by atoms with van der Waals surface area (Å²) >= 11 is 1.28. The van der Waals surface area contributed by atoms with Gasteiger partial charge in [0, 0.05) is 32.3 Å². The number of amides is 1. The van der Waals surface area contributed by atoms with Gasteiger partial charge < -0.3 is 14.0 Å². The SMILES string of the molecule is CCOC(=O)c1ccc2c(c1)sc(=NC(=O)c1ccc(S(=O)(=O)N3CCCCCC3)cc1)n2CCOC. The molecular formula is C26H31N3O6S2. The number of hydrogen-bond acceptors (Lipinski definition) is 7. The summed E-state index contributed by atoms with van der Waals surface area (Å²) in [7, 11) is -2.00. The Morgan fingerprint density at radius 2 is 1.68 bits per heavy atom. The molecule has 0 atom stereocenters. The number of thiazole rings is 1. The van der Waals surface area contributed by atoms with Crippen LogP contribution in [0.5, 0.6) is 0 Å². The monoisotopic (exact) mass is 545 g/mol. The largest absolute Gasteiger partial charge is 0.462 e. The van der Waals surface area contributed by atoms with Crippen molar-refractivity contribution < 1.29 is 27.5 Å². The predicted octanol–water partition coefficient (Wildman–Crippen LogP) is 3.83. The van der Waals surface area contributed by atoms with Gasteiger partial charge in [-0.1, -0.05) is 24.2 Å². The first kappa shape index (κ1) is 27.2. The number of nitrogens with zero attached hydrogens (tertiary/aromatic N) is 3. The molecule has 0 aliphatic carbocycles. The third-order valence-corrected chi connectivity index (χ3v) is 9.17. The van der Waals surface area contributed by atoms with E-state index in [1.807, 2.05) is 4.57 Å². The van der Waals surface area contributed by atoms with Gasteiger partial charge in [0.2, 0.25) is 10.0 Å². The van der Waals surface area contributed by atoms with E-state index in [0.29, 0.717) is 36.6 Å². The third kappa shape index (κ3) is 6.18. The highest BCUT2D eigenvalue weighted by atomic mass is 32.2. The molecule has 1 aromatic heterocycles. The normalized spacial score (nSPS) is 15.6. The summed E-state index contributed by atoms with van der Waals surface area (Å²) in [5.41, 5.74) is 1.53. The quantitative estimate of drug-likeness (QED) is 0.398. The number of methoxy groups -OCH3 is 1. The summed E-state index contributed by atoms with van der Waals surface area (Å²) in [4.78, 5) is 30.2. The van der Waals surface area contributed by atoms with Crippen LogP contribution in [0.3, 0.4) is 0 Å². The van der Waals surface area contributed by atoms with Crippen molar-refractivity contribution >= 4 is 43.5 Å². The van der Waals surface area contributed by atoms with Crippen LogP contribution in [0.25, 0.3) is 10.2 Å². The van der Waals surface area contributed by atoms with Gasteiger partial charge in [0.1, 0.15) is 0 Å². The maximum absolute atomic E-state index is 13.0. The summed E-state index contributed by atoms with van der Waals surface area (Å²) in [5, 5.41) is 0. The molecule has 1 amide bonds. The Labute approximate surface area is 220 Å². The van der Waals surface area contributed by atoms with Crippen molar-refractivity contribution in [2.45, 2.75) is 44.0 Å². The molecule has 1 fully saturated rings. The van der Waals surface area contributed by atoms with Crippen LogP contribution in [0.1, 0.15) is 53.3 Å². The number of hydrogen-bond donors (Lipinski definition) is 0. The number of aromatic nitrogens is 1. The maximum atomic E-state index is 13.0. The first-order valence-electron chi connectivity index (χ1n) is 12.3. The fourth-order valence-electron chi connectivity index (χ4n) is 4.25. The van der Waals surface area contributed by atoms with Crippen LogP contribution in [0, 0.1) is 0 Å². The van der Waals surface area contributed by atoms with Crippen molar-refractivity contribution in [3.63, 3.8) is 0 Å². The summed E-state index contributed by atoms with van der Waals surface area (Å²) in [6.07, 6.45) is 3.78. The van der Waals surface area contributed by atoms with E-state index in [9.17, 15) is 18.0 Å². The third-order valence-electron chi connectivity index (χ3n) is 6.21. The molecule has 1 aliphatic heterocycles. The lowest BCUT2D eigenvalue weighted by Gasteiger charge is -2.19. The van der Waals surface area contributed by atoms with Crippen molar-refractivity contribution in [2.24, 2.45) is 4.99 Å². The highest BCUT2D eigenvalue weighted by molar-refractivity contribution is 7.89. The molecule has 198 valence electrons. The molecule has 0 unspecified atom stereocenters. The summed E-state index contributed by atoms with van der Waals surface area (Å²) in [6.45, 7) is 3.94. The molecule has 0 bridgehead atoms. The number of carbonyl (C=O) groups is 2. The second kappa shape index (κ2) is 12.1. The summed E-state index contributed by atoms with van der Waals surface area (Å²) < 4.78 is 40.6. The van der Waals surface area contributed by atoms with Gasteiger partial charge >= 0.3 is 5.97 Å². The summed E-state index contributed by atoms with van der Waals surface area (Å²) in [6, 6.07) is 11.2. The number of ether oxygens (including phenoxy) is 2. The second-order valence-corrected chi connectivity index (χ2v) is 11.6. The fourth-order valence-corrected chi connectivity index (χ4v) is 6.86. The van der Waals surface area contributed by atoms with Crippen LogP contribution in [0.15, 0.2) is 52.4 Å². The van der Waals surface area contributed by atoms with E-state index in [1.54, 1.807) is 32.2 Å². The van der Waals surface area contributed by atoms with Gasteiger partial charge in [-0.15, -0.1) is 0 Å². The molecule has 0 N–H and O–H groups in total. The first-order chi connectivity index (χ1) is 17.8. The molecule has 4 rings (SSSR count). The zero-order chi connectivity index (χ0) is 26.4. The second-order valence-electron chi connectivity index (χ2n) is 8.69. The van der Waals surface area contributed by atoms with E-state index in [4.69, 9.17) is 9.47 Å². The zero-order valence-electron chi connectivity index (χ0n) is 21.0. The predicted molar refractivity (Wildman–Crippen MR) is 141 cm³/mol. The molecule has 9 nitrogen and oxygen atoms in total. The topological polar surface area (TPSA) is 107 Å². The van der Waals surface area contributed by atoms with Gasteiger partial charge in [0.25, 0.3) is 5.91 Å². The number of benzene rings is 2. The highest BCUT2D eigenvalue weighted by Gasteiger charge is 2.25. The highest BCUT2D eigenvalue weighted by Crippen LogP contribution is 2.22. The Bertz CT molecular complexity index is 1430. The average molecular weight is 546 g/mol. The molecule has 3 aromatic rings. The first-order valence-corrected chi connectivity index (χ1v) is 14.6. The van der Waals surface area contributed by atoms with Crippen molar-refractivity contribution in [3.05, 3.63) is 58.4 Å². The maximum Gasteiger partial charge on any atom is 0.338 e. The minimum absolute atomic E-state index is 0.175. The number of rotatable bonds is 8. The molecule has 37 heavy (non-hydrogen) atoms. The standard InChI is InChI=1S/C26H31N3O6S2/c1-3-35-25(31)20-10-13-22-23(18-20)36-26(29(22)16-17-34-2)27-24(30)19-8-11-21(12-9-19)37(32,33)28-14-6-4-5-7-15-28/h8-13,18H,3-7,14-17H2,1-2H3. The molecule has 1 aliphatic rings. The lowest BCUT2D eigenvalue weighted by molar-refractivity contribution is 0.0526. The lowest BCUT2D eigenvalue weighted by atomic mass is 10.2. The molecule has 2 aromatic carbocycles. The number of fused-ring (bicyclic) bond motifs is 1. The van der Waals surface area contributed by atoms with Crippen LogP contribution in [0.4, 0.5) is 0 Å². The number of sulfonamides is 1. The van der Waals surface area contributed by atoms with Crippen molar-refractivity contribution in [1.29, 1.82) is 0 Å². The van der Waals surface area contributed by atoms with Crippen LogP contribution in [-0.2, 0) is 26.0 Å². The van der Waals surface area contributed by atoms with Crippen molar-refractivity contribution in [2.75, 3.05) is 33.4 Å². The molecular weight excluding hydrogens is 514 g/mol. The van der Waals surface area contributed by atoms with E-state index in [1.165, 1.54) is 39.9 Å². The fraction of sp³-hybridized carbons (Fsp3) is 0.423. The van der Waals surface area contributed by atoms with E-state index >= 15 is 0 Å². The van der Waals surface area contributed by atoms with Gasteiger partial charge in [-0.2, -0.15) is 9.30 Å². The molecule has 2 heterocycles. The average Bonchev–Trinajstić information content (AvgIpc) is 3.04. The van der Waals surface area contributed by atoms with E-state index < -0.39 is 21.9 Å². The van der Waals surface area contributed by atoms with Gasteiger partial charge in [-0.05, 0) is 62.2 Å². The van der Waals surface area contributed by atoms with E-state index in [-0.39, 0.29) is 17.1 Å². The van der Waals surface area contributed by atoms with E-state index in [0.717, 1.165) is 35.9 Å². The van der Waals surface area contributed by atoms with Crippen LogP contribution in [0.2, 0.25) is 0 Å². The Morgan fingerprint density at radius 3 is 2.32 bits per heavy atom. The molecule has 0 saturated carbocycles. The van der Waals surface area contributed by atoms with Gasteiger partial charge in [-0.3, -0.25) is 4.79 Å². The Morgan fingerprint density at radius 1 is 1.00 bits per heavy atom. The minimum atomic E-state index is -3.60. The molecule has 1 saturated heterocycles. The molecule has 0 spiro atoms. The van der Waals surface area contributed by atoms with Crippen molar-refractivity contribution in [1.82, 2.24) is 8.87 Å². The Balaban J connectivity index is 1.64. The number of esters is 1. The Hall–Kier alpha value is -2.86. The smallest absolute Gasteiger partial charge is 0.338 e. The van der Waals surface area contributed by atoms with E-state index in [2.05, 4.69) is 4.99 Å². The lowest BCUT2D eigenvalue weighted by Crippen LogP contribution is -2.31. The Kier molecular flexibility index (Phi) is 8.91. The summed E-state index contributed by atoms with van der Waals surface area (Å²) in [5.74, 6) is -0.895.